The van der Waals surface area contributed by atoms with Crippen LogP contribution >= 0.6 is 0 Å². The van der Waals surface area contributed by atoms with Gasteiger partial charge in [-0.2, -0.15) is 10.2 Å². The van der Waals surface area contributed by atoms with Crippen molar-refractivity contribution in [3.8, 4) is 23.1 Å². The van der Waals surface area contributed by atoms with Gasteiger partial charge in [-0.3, -0.25) is 0 Å². The number of hydrogen-bond acceptors (Lipinski definition) is 6. The summed E-state index contributed by atoms with van der Waals surface area (Å²) in [4.78, 5) is 8.10. The maximum absolute atomic E-state index is 10.5. The van der Waals surface area contributed by atoms with E-state index >= 15 is 0 Å². The van der Waals surface area contributed by atoms with Gasteiger partial charge in [-0.25, -0.2) is 4.98 Å². The van der Waals surface area contributed by atoms with Crippen molar-refractivity contribution in [2.75, 3.05) is 11.5 Å². The van der Waals surface area contributed by atoms with Crippen molar-refractivity contribution in [1.29, 1.82) is 5.26 Å². The molecule has 4 fully saturated rings. The first-order chi connectivity index (χ1) is 13.0. The van der Waals surface area contributed by atoms with Crippen molar-refractivity contribution in [1.82, 2.24) is 9.97 Å². The molecule has 0 radical (unpaired) electrons. The van der Waals surface area contributed by atoms with E-state index in [2.05, 4.69) is 16.0 Å². The fraction of sp³-hybridized carbons (Fsp3) is 0.476. The summed E-state index contributed by atoms with van der Waals surface area (Å²) in [5.41, 5.74) is 14.0. The van der Waals surface area contributed by atoms with Crippen LogP contribution in [0.5, 0.6) is 5.75 Å². The number of hydrogen-bond donors (Lipinski definition) is 3. The molecule has 4 bridgehead atoms. The zero-order valence-corrected chi connectivity index (χ0v) is 15.2. The number of nitriles is 1. The number of aromatic nitrogens is 2. The molecule has 4 aliphatic carbocycles. The smallest absolute Gasteiger partial charge is 0.222 e. The van der Waals surface area contributed by atoms with Crippen LogP contribution in [0.4, 0.5) is 11.8 Å². The zero-order valence-electron chi connectivity index (χ0n) is 15.2. The lowest BCUT2D eigenvalue weighted by atomic mass is 9.48. The molecule has 0 spiro atoms. The Labute approximate surface area is 158 Å². The van der Waals surface area contributed by atoms with Crippen LogP contribution < -0.4 is 11.5 Å². The van der Waals surface area contributed by atoms with Crippen LogP contribution in [0.3, 0.4) is 0 Å². The van der Waals surface area contributed by atoms with E-state index in [1.54, 1.807) is 6.07 Å². The van der Waals surface area contributed by atoms with Gasteiger partial charge in [0.2, 0.25) is 5.95 Å². The van der Waals surface area contributed by atoms with E-state index in [0.717, 1.165) is 17.8 Å². The van der Waals surface area contributed by atoms with E-state index in [-0.39, 0.29) is 28.5 Å². The van der Waals surface area contributed by atoms with Crippen LogP contribution in [-0.4, -0.2) is 15.1 Å². The third-order valence-corrected chi connectivity index (χ3v) is 6.97. The van der Waals surface area contributed by atoms with Crippen LogP contribution in [-0.2, 0) is 5.41 Å². The largest absolute Gasteiger partial charge is 0.507 e. The first-order valence-corrected chi connectivity index (χ1v) is 9.64. The molecular formula is C21H23N5O. The van der Waals surface area contributed by atoms with Crippen molar-refractivity contribution < 1.29 is 5.11 Å². The predicted molar refractivity (Wildman–Crippen MR) is 103 cm³/mol. The van der Waals surface area contributed by atoms with Gasteiger partial charge in [-0.05, 0) is 79.4 Å². The van der Waals surface area contributed by atoms with Gasteiger partial charge in [0.25, 0.3) is 0 Å². The van der Waals surface area contributed by atoms with Gasteiger partial charge >= 0.3 is 0 Å². The summed E-state index contributed by atoms with van der Waals surface area (Å²) >= 11 is 0. The number of benzene rings is 1. The summed E-state index contributed by atoms with van der Waals surface area (Å²) < 4.78 is 0. The molecular weight excluding hydrogens is 338 g/mol. The summed E-state index contributed by atoms with van der Waals surface area (Å²) in [6.07, 6.45) is 7.80. The maximum Gasteiger partial charge on any atom is 0.222 e. The van der Waals surface area contributed by atoms with Crippen molar-refractivity contribution in [3.63, 3.8) is 0 Å². The van der Waals surface area contributed by atoms with Gasteiger partial charge in [0.05, 0.1) is 5.69 Å². The summed E-state index contributed by atoms with van der Waals surface area (Å²) in [7, 11) is 0. The van der Waals surface area contributed by atoms with Crippen LogP contribution in [0.25, 0.3) is 11.3 Å². The highest BCUT2D eigenvalue weighted by Gasteiger charge is 2.51. The average Bonchev–Trinajstić information content (AvgIpc) is 2.60. The number of nitrogens with two attached hydrogens (primary N) is 2. The van der Waals surface area contributed by atoms with Gasteiger partial charge in [0, 0.05) is 5.56 Å². The molecule has 0 saturated heterocycles. The van der Waals surface area contributed by atoms with Crippen molar-refractivity contribution in [3.05, 3.63) is 29.3 Å². The molecule has 6 heteroatoms. The molecule has 0 aliphatic heterocycles. The topological polar surface area (TPSA) is 122 Å². The minimum absolute atomic E-state index is 0.00103. The number of anilines is 2. The predicted octanol–water partition coefficient (Wildman–Crippen LogP) is 3.35. The first kappa shape index (κ1) is 16.4. The van der Waals surface area contributed by atoms with Crippen LogP contribution in [0.15, 0.2) is 18.2 Å². The molecule has 0 unspecified atom stereocenters. The van der Waals surface area contributed by atoms with E-state index in [0.29, 0.717) is 11.3 Å². The van der Waals surface area contributed by atoms with Crippen molar-refractivity contribution >= 4 is 11.8 Å². The molecule has 0 amide bonds. The molecule has 2 aromatic rings. The van der Waals surface area contributed by atoms with E-state index in [4.69, 9.17) is 11.5 Å². The lowest BCUT2D eigenvalue weighted by Gasteiger charge is -2.57. The Hall–Kier alpha value is -2.81. The number of phenolic OH excluding ortho intramolecular Hbond substituents is 1. The summed E-state index contributed by atoms with van der Waals surface area (Å²) in [5, 5.41) is 20.0. The second-order valence-electron chi connectivity index (χ2n) is 8.73. The van der Waals surface area contributed by atoms with Gasteiger partial charge < -0.3 is 16.6 Å². The zero-order chi connectivity index (χ0) is 18.8. The number of phenols is 1. The normalized spacial score (nSPS) is 31.0. The molecule has 4 aliphatic rings. The minimum Gasteiger partial charge on any atom is -0.507 e. The third-order valence-electron chi connectivity index (χ3n) is 6.97. The van der Waals surface area contributed by atoms with Gasteiger partial charge in [0.15, 0.2) is 0 Å². The molecule has 0 atom stereocenters. The van der Waals surface area contributed by atoms with E-state index < -0.39 is 0 Å². The summed E-state index contributed by atoms with van der Waals surface area (Å²) in [6, 6.07) is 7.83. The van der Waals surface area contributed by atoms with Crippen molar-refractivity contribution in [2.45, 2.75) is 43.9 Å². The molecule has 138 valence electrons. The number of rotatable bonds is 2. The van der Waals surface area contributed by atoms with Crippen molar-refractivity contribution in [2.24, 2.45) is 17.8 Å². The molecule has 6 rings (SSSR count). The Morgan fingerprint density at radius 1 is 1.04 bits per heavy atom. The van der Waals surface area contributed by atoms with Crippen LogP contribution in [0.1, 0.15) is 49.7 Å². The highest BCUT2D eigenvalue weighted by molar-refractivity contribution is 5.77. The average molecular weight is 361 g/mol. The first-order valence-electron chi connectivity index (χ1n) is 9.64. The van der Waals surface area contributed by atoms with E-state index in [9.17, 15) is 10.4 Å². The van der Waals surface area contributed by atoms with E-state index in [1.807, 2.05) is 12.1 Å². The molecule has 5 N–H and O–H groups in total. The SMILES string of the molecule is N#Cc1c(N)nc(N)nc1-c1cc(C23CC4CC(CC(C4)C2)C3)ccc1O. The quantitative estimate of drug-likeness (QED) is 0.754. The minimum atomic E-state index is 0.00103. The second kappa shape index (κ2) is 5.59. The summed E-state index contributed by atoms with van der Waals surface area (Å²) in [6.45, 7) is 0. The van der Waals surface area contributed by atoms with Crippen LogP contribution in [0, 0.1) is 29.1 Å². The Morgan fingerprint density at radius 2 is 1.67 bits per heavy atom. The number of aromatic hydroxyl groups is 1. The monoisotopic (exact) mass is 361 g/mol. The standard InChI is InChI=1S/C21H23N5O/c22-10-16-18(25-20(24)26-19(16)23)15-6-14(1-2-17(15)27)21-7-11-3-12(8-21)5-13(4-11)9-21/h1-2,6,11-13,27H,3-5,7-9H2,(H4,23,24,25,26). The van der Waals surface area contributed by atoms with Gasteiger partial charge in [-0.1, -0.05) is 6.07 Å². The molecule has 4 saturated carbocycles. The Kier molecular flexibility index (Phi) is 3.39. The Balaban J connectivity index is 1.64. The summed E-state index contributed by atoms with van der Waals surface area (Å²) in [5.74, 6) is 2.61. The fourth-order valence-corrected chi connectivity index (χ4v) is 6.32. The van der Waals surface area contributed by atoms with E-state index in [1.165, 1.54) is 44.1 Å². The molecule has 1 aromatic heterocycles. The highest BCUT2D eigenvalue weighted by Crippen LogP contribution is 2.61. The maximum atomic E-state index is 10.5. The second-order valence-corrected chi connectivity index (χ2v) is 8.73. The lowest BCUT2D eigenvalue weighted by molar-refractivity contribution is -0.00518. The Bertz CT molecular complexity index is 942. The third kappa shape index (κ3) is 2.45. The van der Waals surface area contributed by atoms with Gasteiger partial charge in [0.1, 0.15) is 23.2 Å². The molecule has 6 nitrogen and oxygen atoms in total. The number of nitrogen functional groups attached to an aromatic ring is 2. The molecule has 27 heavy (non-hydrogen) atoms. The molecule has 1 aromatic carbocycles. The fourth-order valence-electron chi connectivity index (χ4n) is 6.32. The molecule has 1 heterocycles. The lowest BCUT2D eigenvalue weighted by Crippen LogP contribution is -2.48. The number of nitrogens with zero attached hydrogens (tertiary/aromatic N) is 3. The highest BCUT2D eigenvalue weighted by atomic mass is 16.3. The Morgan fingerprint density at radius 3 is 2.26 bits per heavy atom. The van der Waals surface area contributed by atoms with Gasteiger partial charge in [-0.15, -0.1) is 0 Å². The van der Waals surface area contributed by atoms with Crippen LogP contribution in [0.2, 0.25) is 0 Å².